The lowest BCUT2D eigenvalue weighted by molar-refractivity contribution is -0.137. The number of anilines is 2. The third-order valence-electron chi connectivity index (χ3n) is 5.15. The van der Waals surface area contributed by atoms with Crippen LogP contribution in [0.3, 0.4) is 0 Å². The molecule has 2 aromatic carbocycles. The Labute approximate surface area is 180 Å². The summed E-state index contributed by atoms with van der Waals surface area (Å²) in [4.78, 5) is 14.7. The van der Waals surface area contributed by atoms with Crippen LogP contribution in [0.15, 0.2) is 30.3 Å². The van der Waals surface area contributed by atoms with Gasteiger partial charge >= 0.3 is 6.18 Å². The largest absolute Gasteiger partial charge is 0.494 e. The van der Waals surface area contributed by atoms with Crippen LogP contribution >= 0.6 is 0 Å². The number of hydrogen-bond donors (Lipinski definition) is 3. The summed E-state index contributed by atoms with van der Waals surface area (Å²) in [6, 6.07) is 6.72. The first-order valence-electron chi connectivity index (χ1n) is 9.66. The number of carbonyl (C=O) groups is 1. The number of nitrogens with two attached hydrogens (primary N) is 1. The molecule has 170 valence electrons. The van der Waals surface area contributed by atoms with E-state index in [-0.39, 0.29) is 29.1 Å². The number of hydrogen-bond acceptors (Lipinski definition) is 5. The fraction of sp³-hybridized carbons (Fsp3) is 0.409. The van der Waals surface area contributed by atoms with Crippen molar-refractivity contribution in [1.82, 2.24) is 4.90 Å². The van der Waals surface area contributed by atoms with Crippen molar-refractivity contribution >= 4 is 17.3 Å². The molecular formula is C22H29F3N4O2. The van der Waals surface area contributed by atoms with Crippen LogP contribution < -0.4 is 21.3 Å². The predicted octanol–water partition coefficient (Wildman–Crippen LogP) is 4.79. The number of halogens is 3. The molecule has 0 saturated heterocycles. The molecule has 0 unspecified atom stereocenters. The van der Waals surface area contributed by atoms with Gasteiger partial charge < -0.3 is 15.5 Å². The van der Waals surface area contributed by atoms with Gasteiger partial charge in [-0.25, -0.2) is 0 Å². The lowest BCUT2D eigenvalue weighted by atomic mass is 10.0. The number of ether oxygens (including phenoxy) is 1. The highest BCUT2D eigenvalue weighted by atomic mass is 19.4. The summed E-state index contributed by atoms with van der Waals surface area (Å²) < 4.78 is 46.1. The highest BCUT2D eigenvalue weighted by Crippen LogP contribution is 2.39. The Morgan fingerprint density at radius 2 is 1.77 bits per heavy atom. The molecule has 0 heterocycles. The predicted molar refractivity (Wildman–Crippen MR) is 116 cm³/mol. The fourth-order valence-corrected chi connectivity index (χ4v) is 2.91. The van der Waals surface area contributed by atoms with Crippen molar-refractivity contribution in [1.29, 1.82) is 0 Å². The normalized spacial score (nSPS) is 12.1. The molecule has 2 rings (SSSR count). The molecule has 0 atom stereocenters. The van der Waals surface area contributed by atoms with Gasteiger partial charge in [0, 0.05) is 23.2 Å². The molecule has 9 heteroatoms. The van der Waals surface area contributed by atoms with Crippen molar-refractivity contribution in [3.8, 4) is 5.75 Å². The zero-order valence-corrected chi connectivity index (χ0v) is 18.6. The van der Waals surface area contributed by atoms with Gasteiger partial charge in [-0.2, -0.15) is 13.2 Å². The van der Waals surface area contributed by atoms with Gasteiger partial charge in [0.15, 0.2) is 0 Å². The van der Waals surface area contributed by atoms with Crippen LogP contribution in [0.1, 0.15) is 47.8 Å². The Morgan fingerprint density at radius 3 is 2.29 bits per heavy atom. The number of aryl methyl sites for hydroxylation is 1. The van der Waals surface area contributed by atoms with E-state index in [4.69, 9.17) is 10.6 Å². The minimum absolute atomic E-state index is 0.0533. The first-order valence-corrected chi connectivity index (χ1v) is 9.66. The number of hydrazine groups is 1. The van der Waals surface area contributed by atoms with Crippen LogP contribution in [0, 0.1) is 6.92 Å². The zero-order chi connectivity index (χ0) is 23.6. The Hall–Kier alpha value is -2.78. The summed E-state index contributed by atoms with van der Waals surface area (Å²) >= 11 is 0. The van der Waals surface area contributed by atoms with Gasteiger partial charge in [0.1, 0.15) is 5.75 Å². The van der Waals surface area contributed by atoms with Crippen LogP contribution in [0.5, 0.6) is 5.75 Å². The number of methoxy groups -OCH3 is 1. The maximum atomic E-state index is 13.6. The SMILES string of the molecule is COc1c(CN(C)C(C)(C)C)cc(C(F)(F)F)cc1NC(=O)c1ccc(C)c(NN)c1. The summed E-state index contributed by atoms with van der Waals surface area (Å²) in [5.74, 6) is 5.06. The molecule has 1 amide bonds. The lowest BCUT2D eigenvalue weighted by Crippen LogP contribution is -2.37. The quantitative estimate of drug-likeness (QED) is 0.446. The second-order valence-corrected chi connectivity index (χ2v) is 8.37. The number of alkyl halides is 3. The third kappa shape index (κ3) is 5.89. The van der Waals surface area contributed by atoms with Gasteiger partial charge in [0.05, 0.1) is 24.0 Å². The average molecular weight is 438 g/mol. The molecule has 0 spiro atoms. The summed E-state index contributed by atoms with van der Waals surface area (Å²) in [5, 5.41) is 2.56. The van der Waals surface area contributed by atoms with E-state index in [0.717, 1.165) is 17.7 Å². The zero-order valence-electron chi connectivity index (χ0n) is 18.6. The summed E-state index contributed by atoms with van der Waals surface area (Å²) in [6.07, 6.45) is -4.58. The van der Waals surface area contributed by atoms with E-state index in [1.165, 1.54) is 13.2 Å². The van der Waals surface area contributed by atoms with Gasteiger partial charge in [0.2, 0.25) is 0 Å². The van der Waals surface area contributed by atoms with Crippen molar-refractivity contribution in [2.24, 2.45) is 5.84 Å². The second kappa shape index (κ2) is 9.15. The van der Waals surface area contributed by atoms with Crippen molar-refractivity contribution in [2.75, 3.05) is 24.9 Å². The first kappa shape index (κ1) is 24.5. The smallest absolute Gasteiger partial charge is 0.416 e. The van der Waals surface area contributed by atoms with Gasteiger partial charge in [-0.1, -0.05) is 6.07 Å². The maximum Gasteiger partial charge on any atom is 0.416 e. The number of nitrogen functional groups attached to an aromatic ring is 1. The Balaban J connectivity index is 2.52. The monoisotopic (exact) mass is 438 g/mol. The van der Waals surface area contributed by atoms with E-state index in [1.54, 1.807) is 12.1 Å². The van der Waals surface area contributed by atoms with Crippen LogP contribution in [0.25, 0.3) is 0 Å². The van der Waals surface area contributed by atoms with Crippen LogP contribution in [-0.4, -0.2) is 30.5 Å². The van der Waals surface area contributed by atoms with Crippen molar-refractivity contribution in [3.63, 3.8) is 0 Å². The van der Waals surface area contributed by atoms with E-state index in [9.17, 15) is 18.0 Å². The fourth-order valence-electron chi connectivity index (χ4n) is 2.91. The first-order chi connectivity index (χ1) is 14.3. The molecule has 0 aliphatic heterocycles. The van der Waals surface area contributed by atoms with E-state index in [1.807, 2.05) is 39.6 Å². The van der Waals surface area contributed by atoms with E-state index in [2.05, 4.69) is 10.7 Å². The number of benzene rings is 2. The minimum Gasteiger partial charge on any atom is -0.494 e. The number of nitrogens with zero attached hydrogens (tertiary/aromatic N) is 1. The number of rotatable bonds is 6. The Morgan fingerprint density at radius 1 is 1.13 bits per heavy atom. The van der Waals surface area contributed by atoms with Crippen molar-refractivity contribution < 1.29 is 22.7 Å². The number of carbonyl (C=O) groups excluding carboxylic acids is 1. The van der Waals surface area contributed by atoms with Gasteiger partial charge in [-0.15, -0.1) is 0 Å². The molecule has 6 nitrogen and oxygen atoms in total. The second-order valence-electron chi connectivity index (χ2n) is 8.37. The molecule has 0 fully saturated rings. The third-order valence-corrected chi connectivity index (χ3v) is 5.15. The van der Waals surface area contributed by atoms with Crippen LogP contribution in [0.2, 0.25) is 0 Å². The molecule has 0 aliphatic rings. The highest BCUT2D eigenvalue weighted by molar-refractivity contribution is 6.05. The van der Waals surface area contributed by atoms with Crippen LogP contribution in [0.4, 0.5) is 24.5 Å². The summed E-state index contributed by atoms with van der Waals surface area (Å²) in [7, 11) is 3.17. The molecule has 2 aromatic rings. The number of amides is 1. The molecular weight excluding hydrogens is 409 g/mol. The van der Waals surface area contributed by atoms with E-state index < -0.39 is 17.6 Å². The summed E-state index contributed by atoms with van der Waals surface area (Å²) in [6.45, 7) is 7.87. The molecule has 0 radical (unpaired) electrons. The molecule has 0 aliphatic carbocycles. The van der Waals surface area contributed by atoms with Crippen molar-refractivity contribution in [2.45, 2.75) is 46.0 Å². The lowest BCUT2D eigenvalue weighted by Gasteiger charge is -2.32. The topological polar surface area (TPSA) is 79.6 Å². The molecule has 0 saturated carbocycles. The van der Waals surface area contributed by atoms with E-state index >= 15 is 0 Å². The Kier molecular flexibility index (Phi) is 7.23. The average Bonchev–Trinajstić information content (AvgIpc) is 2.66. The van der Waals surface area contributed by atoms with Gasteiger partial charge in [-0.05, 0) is 64.6 Å². The Bertz CT molecular complexity index is 953. The van der Waals surface area contributed by atoms with Gasteiger partial charge in [0.25, 0.3) is 5.91 Å². The highest BCUT2D eigenvalue weighted by Gasteiger charge is 2.33. The molecule has 31 heavy (non-hydrogen) atoms. The maximum absolute atomic E-state index is 13.6. The number of nitrogens with one attached hydrogen (secondary N) is 2. The molecule has 4 N–H and O–H groups in total. The molecule has 0 aromatic heterocycles. The minimum atomic E-state index is -4.58. The van der Waals surface area contributed by atoms with Gasteiger partial charge in [-0.3, -0.25) is 15.5 Å². The van der Waals surface area contributed by atoms with Crippen molar-refractivity contribution in [3.05, 3.63) is 52.6 Å². The van der Waals surface area contributed by atoms with E-state index in [0.29, 0.717) is 11.3 Å². The summed E-state index contributed by atoms with van der Waals surface area (Å²) in [5.41, 5.74) is 3.21. The standard InChI is InChI=1S/C22H29F3N4O2/c1-13-7-8-14(10-17(13)28-26)20(30)27-18-11-16(22(23,24)25)9-15(19(18)31-6)12-29(5)21(2,3)4/h7-11,28H,12,26H2,1-6H3,(H,27,30). The molecule has 0 bridgehead atoms. The van der Waals surface area contributed by atoms with Crippen LogP contribution in [-0.2, 0) is 12.7 Å².